The number of nitrogens with zero attached hydrogens (tertiary/aromatic N) is 4. The summed E-state index contributed by atoms with van der Waals surface area (Å²) in [6.07, 6.45) is 0.804. The van der Waals surface area contributed by atoms with Gasteiger partial charge in [-0.15, -0.1) is 11.8 Å². The lowest BCUT2D eigenvalue weighted by Crippen LogP contribution is -2.62. The Labute approximate surface area is 510 Å². The number of aliphatic carboxylic acids is 1. The number of rotatable bonds is 8. The Bertz CT molecular complexity index is 3550. The van der Waals surface area contributed by atoms with E-state index in [9.17, 15) is 58.8 Å². The van der Waals surface area contributed by atoms with Crippen LogP contribution in [0.2, 0.25) is 0 Å². The predicted octanol–water partition coefficient (Wildman–Crippen LogP) is 0.898. The number of aliphatic hydroxyl groups is 3. The molecule has 9 rings (SSSR count). The lowest BCUT2D eigenvalue weighted by molar-refractivity contribution is -0.142. The molecule has 1 fully saturated rings. The number of thiocarbonyl (C=S) groups is 1. The third kappa shape index (κ3) is 14.0. The van der Waals surface area contributed by atoms with Gasteiger partial charge < -0.3 is 82.1 Å². The van der Waals surface area contributed by atoms with Crippen molar-refractivity contribution in [3.05, 3.63) is 107 Å². The molecule has 5 heterocycles. The molecule has 10 atom stereocenters. The summed E-state index contributed by atoms with van der Waals surface area (Å²) in [7, 11) is 7.60. The monoisotopic (exact) mass is 1230 g/mol. The van der Waals surface area contributed by atoms with Gasteiger partial charge >= 0.3 is 5.97 Å². The van der Waals surface area contributed by atoms with Crippen LogP contribution in [0.25, 0.3) is 16.5 Å². The smallest absolute Gasteiger partial charge is 0.336 e. The lowest BCUT2D eigenvalue weighted by atomic mass is 9.84. The van der Waals surface area contributed by atoms with E-state index in [0.717, 1.165) is 28.0 Å². The number of anilines is 2. The van der Waals surface area contributed by atoms with Crippen molar-refractivity contribution in [1.82, 2.24) is 47.1 Å². The molecule has 4 aliphatic heterocycles. The number of ether oxygens (including phenoxy) is 1. The van der Waals surface area contributed by atoms with Crippen LogP contribution in [0.3, 0.4) is 0 Å². The van der Waals surface area contributed by atoms with Crippen LogP contribution in [0.5, 0.6) is 11.5 Å². The highest BCUT2D eigenvalue weighted by Gasteiger charge is 2.44. The number of carbonyl (C=O) groups is 8. The lowest BCUT2D eigenvalue weighted by Gasteiger charge is -2.31. The quantitative estimate of drug-likeness (QED) is 0.0960. The summed E-state index contributed by atoms with van der Waals surface area (Å²) in [4.78, 5) is 126. The molecule has 12 N–H and O–H groups in total. The largest absolute Gasteiger partial charge is 0.478 e. The Kier molecular flexibility index (Phi) is 18.6. The van der Waals surface area contributed by atoms with Gasteiger partial charge in [0.2, 0.25) is 41.4 Å². The van der Waals surface area contributed by atoms with Crippen molar-refractivity contribution >= 4 is 110 Å². The van der Waals surface area contributed by atoms with E-state index in [1.165, 1.54) is 33.8 Å². The average Bonchev–Trinajstić information content (AvgIpc) is 1.44. The fourth-order valence-corrected chi connectivity index (χ4v) is 12.2. The van der Waals surface area contributed by atoms with Gasteiger partial charge in [0.05, 0.1) is 34.1 Å². The number of fused-ring (bicyclic) bond motifs is 7. The highest BCUT2D eigenvalue weighted by molar-refractivity contribution is 7.99. The van der Waals surface area contributed by atoms with Gasteiger partial charge in [-0.3, -0.25) is 33.6 Å². The third-order valence-electron chi connectivity index (χ3n) is 15.6. The highest BCUT2D eigenvalue weighted by atomic mass is 32.2. The normalized spacial score (nSPS) is 25.3. The standard InChI is InChI=1S/C60H70N12O13S2/c1-28-50(75)65-42-23-39-35-11-9-10-12-41(35)68-56(39)87-26-44(57(81)72-25-34(74)22-45(72)54(79)63-28)67-55(80)49(30(3)73)69-51(76)29(2)62-53(78)43(66-52(42)77)24-60(4,84)27-61-59(86)64-31-13-16-36(40(19-31)58(82)83)48-37-17-14-32(70(5)6)20-46(37)85-47-21-33(71(7)8)15-18-38(47)48/h9-21,28-30,34,42-45,49,68,73-74,84H,22-27H2,1-8H3,(H,61,86)(H,62,78)(H,63,79)(H,65,75)(H,66,77)(H,67,80)(H,69,76)(H,82,83)/t28-,29?,30-,34+,42-,43-,44+,45-,49+,60+/m0/s1. The number of aliphatic imine (C=N–C) groups is 1. The van der Waals surface area contributed by atoms with Crippen molar-refractivity contribution in [3.63, 3.8) is 0 Å². The molecule has 5 aliphatic rings. The van der Waals surface area contributed by atoms with Gasteiger partial charge in [0.15, 0.2) is 5.11 Å². The van der Waals surface area contributed by atoms with E-state index in [1.807, 2.05) is 74.4 Å². The van der Waals surface area contributed by atoms with Crippen LogP contribution >= 0.6 is 24.0 Å². The second kappa shape index (κ2) is 25.8. The number of aromatic nitrogens is 1. The second-order valence-corrected chi connectivity index (χ2v) is 24.3. The van der Waals surface area contributed by atoms with E-state index in [0.29, 0.717) is 55.3 Å². The number of nitrogens with one attached hydrogen (secondary N) is 8. The van der Waals surface area contributed by atoms with Crippen LogP contribution in [0.15, 0.2) is 100 Å². The van der Waals surface area contributed by atoms with Crippen molar-refractivity contribution in [2.45, 2.75) is 112 Å². The summed E-state index contributed by atoms with van der Waals surface area (Å²) >= 11 is 6.68. The Balaban J connectivity index is 1.02. The first-order valence-electron chi connectivity index (χ1n) is 28.2. The van der Waals surface area contributed by atoms with Crippen LogP contribution in [-0.2, 0) is 44.8 Å². The molecule has 1 aromatic heterocycles. The number of benzene rings is 3. The molecule has 2 bridgehead atoms. The van der Waals surface area contributed by atoms with Crippen molar-refractivity contribution in [2.24, 2.45) is 4.99 Å². The number of hydrogen-bond donors (Lipinski definition) is 12. The number of aromatic amines is 1. The number of amides is 7. The SMILES string of the molecule is CC1NC(=O)[C@H](C[C@@](C)(O)CNC(=S)N=C2C=CC(=C3c4ccc(N(C)C)cc4Oc4cc(N(C)C)ccc43)C(C(=O)O)=C2)NC(=O)[C@@H]2Cc3c([nH]c4ccccc34)SC[C@@H](NC(=O)[C@@H]([C@H](C)O)NC1=O)C(=O)N1C[C@H](O)C[C@H]1C(=O)N[C@@H](C)C(=O)N2. The van der Waals surface area contributed by atoms with E-state index in [-0.39, 0.29) is 41.5 Å². The highest BCUT2D eigenvalue weighted by Crippen LogP contribution is 2.49. The zero-order chi connectivity index (χ0) is 62.9. The molecular formula is C60H70N12O13S2. The predicted molar refractivity (Wildman–Crippen MR) is 329 cm³/mol. The van der Waals surface area contributed by atoms with Crippen LogP contribution in [-0.4, -0.2) is 196 Å². The molecule has 1 unspecified atom stereocenters. The van der Waals surface area contributed by atoms with Crippen molar-refractivity contribution in [1.29, 1.82) is 0 Å². The number of para-hydroxylation sites is 1. The van der Waals surface area contributed by atoms with Gasteiger partial charge in [-0.2, -0.15) is 0 Å². The molecule has 0 saturated carbocycles. The van der Waals surface area contributed by atoms with E-state index in [1.54, 1.807) is 36.4 Å². The molecule has 1 aliphatic carbocycles. The fraction of sp³-hybridized carbons (Fsp3) is 0.400. The summed E-state index contributed by atoms with van der Waals surface area (Å²) in [6.45, 7) is 4.47. The molecule has 460 valence electrons. The second-order valence-electron chi connectivity index (χ2n) is 22.9. The summed E-state index contributed by atoms with van der Waals surface area (Å²) in [5.41, 5.74) is 3.22. The fourth-order valence-electron chi connectivity index (χ4n) is 10.9. The van der Waals surface area contributed by atoms with Gasteiger partial charge in [-0.25, -0.2) is 9.79 Å². The molecular weight excluding hydrogens is 1160 g/mol. The molecule has 4 aromatic rings. The summed E-state index contributed by atoms with van der Waals surface area (Å²) in [5, 5.41) is 63.9. The van der Waals surface area contributed by atoms with Crippen LogP contribution in [0, 0.1) is 0 Å². The Morgan fingerprint density at radius 1 is 0.828 bits per heavy atom. The first kappa shape index (κ1) is 62.9. The zero-order valence-electron chi connectivity index (χ0n) is 49.0. The maximum atomic E-state index is 15.0. The summed E-state index contributed by atoms with van der Waals surface area (Å²) < 4.78 is 6.45. The van der Waals surface area contributed by atoms with Crippen LogP contribution in [0.1, 0.15) is 57.2 Å². The summed E-state index contributed by atoms with van der Waals surface area (Å²) in [6, 6.07) is 7.91. The molecule has 0 radical (unpaired) electrons. The van der Waals surface area contributed by atoms with Gasteiger partial charge in [-0.05, 0) is 93.5 Å². The molecule has 25 nitrogen and oxygen atoms in total. The van der Waals surface area contributed by atoms with Crippen molar-refractivity contribution in [3.8, 4) is 11.5 Å². The number of H-pyrrole nitrogens is 1. The van der Waals surface area contributed by atoms with Crippen molar-refractivity contribution in [2.75, 3.05) is 56.8 Å². The number of carbonyl (C=O) groups excluding carboxylic acids is 7. The number of carboxylic acid groups (broad SMARTS) is 1. The first-order valence-corrected chi connectivity index (χ1v) is 29.6. The van der Waals surface area contributed by atoms with Gasteiger partial charge in [0.1, 0.15) is 53.8 Å². The molecule has 0 spiro atoms. The Morgan fingerprint density at radius 2 is 1.45 bits per heavy atom. The van der Waals surface area contributed by atoms with E-state index in [4.69, 9.17) is 17.0 Å². The van der Waals surface area contributed by atoms with Crippen LogP contribution in [0.4, 0.5) is 11.4 Å². The topological polar surface area (TPSA) is 349 Å². The number of allylic oxidation sites excluding steroid dienone is 3. The zero-order valence-corrected chi connectivity index (χ0v) is 50.6. The third-order valence-corrected chi connectivity index (χ3v) is 17.0. The van der Waals surface area contributed by atoms with E-state index < -0.39 is 120 Å². The Hall–Kier alpha value is -8.63. The van der Waals surface area contributed by atoms with Crippen molar-refractivity contribution < 1.29 is 63.5 Å². The average molecular weight is 1230 g/mol. The summed E-state index contributed by atoms with van der Waals surface area (Å²) in [5.74, 6) is -6.77. The molecule has 3 aromatic carbocycles. The Morgan fingerprint density at radius 3 is 2.08 bits per heavy atom. The van der Waals surface area contributed by atoms with Gasteiger partial charge in [-0.1, -0.05) is 24.3 Å². The van der Waals surface area contributed by atoms with Gasteiger partial charge in [0, 0.05) is 117 Å². The molecule has 87 heavy (non-hydrogen) atoms. The molecule has 7 amide bonds. The van der Waals surface area contributed by atoms with Gasteiger partial charge in [0.25, 0.3) is 0 Å². The number of carboxylic acids is 1. The van der Waals surface area contributed by atoms with Crippen LogP contribution < -0.4 is 51.8 Å². The maximum absolute atomic E-state index is 15.0. The first-order chi connectivity index (χ1) is 41.2. The minimum atomic E-state index is -1.96. The molecule has 1 saturated heterocycles. The number of aliphatic hydroxyl groups excluding tert-OH is 2. The van der Waals surface area contributed by atoms with E-state index >= 15 is 0 Å². The number of hydrogen-bond acceptors (Lipinski definition) is 16. The molecule has 27 heteroatoms. The van der Waals surface area contributed by atoms with E-state index in [2.05, 4.69) is 47.2 Å². The minimum Gasteiger partial charge on any atom is -0.478 e. The number of thioether (sulfide) groups is 1. The minimum absolute atomic E-state index is 0.0992. The maximum Gasteiger partial charge on any atom is 0.336 e.